The first-order chi connectivity index (χ1) is 9.55. The van der Waals surface area contributed by atoms with E-state index in [1.54, 1.807) is 0 Å². The highest BCUT2D eigenvalue weighted by molar-refractivity contribution is 5.98. The van der Waals surface area contributed by atoms with Crippen molar-refractivity contribution < 1.29 is 19.8 Å². The Balaban J connectivity index is 2.85. The highest BCUT2D eigenvalue weighted by Gasteiger charge is 2.51. The molecular formula is C16H28O4. The lowest BCUT2D eigenvalue weighted by atomic mass is 9.68. The van der Waals surface area contributed by atoms with Gasteiger partial charge < -0.3 is 10.2 Å². The van der Waals surface area contributed by atoms with Crippen LogP contribution >= 0.6 is 0 Å². The van der Waals surface area contributed by atoms with Crippen molar-refractivity contribution in [3.63, 3.8) is 0 Å². The van der Waals surface area contributed by atoms with Crippen LogP contribution in [-0.4, -0.2) is 22.2 Å². The second kappa shape index (κ2) is 8.28. The highest BCUT2D eigenvalue weighted by atomic mass is 16.4. The summed E-state index contributed by atoms with van der Waals surface area (Å²) in [7, 11) is 0. The molecule has 4 nitrogen and oxygen atoms in total. The van der Waals surface area contributed by atoms with Crippen LogP contribution in [0, 0.1) is 11.3 Å². The van der Waals surface area contributed by atoms with Gasteiger partial charge in [-0.05, 0) is 25.2 Å². The number of aliphatic carboxylic acids is 2. The lowest BCUT2D eigenvalue weighted by molar-refractivity contribution is -0.170. The minimum absolute atomic E-state index is 0.207. The summed E-state index contributed by atoms with van der Waals surface area (Å²) < 4.78 is 0. The third-order valence-corrected chi connectivity index (χ3v) is 4.74. The molecule has 0 radical (unpaired) electrons. The molecule has 0 aromatic carbocycles. The summed E-state index contributed by atoms with van der Waals surface area (Å²) in [6.07, 6.45) is 9.61. The Morgan fingerprint density at radius 3 is 1.95 bits per heavy atom. The minimum atomic E-state index is -1.56. The predicted octanol–water partition coefficient (Wildman–Crippen LogP) is 4.08. The van der Waals surface area contributed by atoms with Gasteiger partial charge in [-0.3, -0.25) is 9.59 Å². The van der Waals surface area contributed by atoms with Crippen molar-refractivity contribution in [3.8, 4) is 0 Å². The summed E-state index contributed by atoms with van der Waals surface area (Å²) in [4.78, 5) is 23.5. The van der Waals surface area contributed by atoms with Crippen molar-refractivity contribution in [2.24, 2.45) is 11.3 Å². The largest absolute Gasteiger partial charge is 0.480 e. The monoisotopic (exact) mass is 284 g/mol. The van der Waals surface area contributed by atoms with Crippen LogP contribution in [0.4, 0.5) is 0 Å². The zero-order valence-corrected chi connectivity index (χ0v) is 12.6. The molecule has 1 aliphatic rings. The number of carboxylic acids is 2. The molecule has 1 saturated carbocycles. The zero-order chi connectivity index (χ0) is 15.0. The average molecular weight is 284 g/mol. The van der Waals surface area contributed by atoms with Gasteiger partial charge in [-0.15, -0.1) is 0 Å². The first-order valence-electron chi connectivity index (χ1n) is 8.02. The van der Waals surface area contributed by atoms with Crippen LogP contribution in [0.1, 0.15) is 77.6 Å². The van der Waals surface area contributed by atoms with E-state index < -0.39 is 17.4 Å². The maximum atomic E-state index is 11.8. The van der Waals surface area contributed by atoms with E-state index in [9.17, 15) is 19.8 Å². The van der Waals surface area contributed by atoms with Crippen LogP contribution in [0.25, 0.3) is 0 Å². The maximum absolute atomic E-state index is 11.8. The third-order valence-electron chi connectivity index (χ3n) is 4.74. The molecule has 0 aromatic rings. The van der Waals surface area contributed by atoms with E-state index in [-0.39, 0.29) is 12.3 Å². The fourth-order valence-corrected chi connectivity index (χ4v) is 3.46. The van der Waals surface area contributed by atoms with Crippen LogP contribution in [-0.2, 0) is 9.59 Å². The standard InChI is InChI=1S/C16H28O4/c1-2-3-4-9-12-16(14(17)18,15(19)20)13-10-7-5-6-8-11-13/h13H,2-12H2,1H3,(H,17,18)(H,19,20). The number of carbonyl (C=O) groups is 2. The van der Waals surface area contributed by atoms with Gasteiger partial charge in [-0.2, -0.15) is 0 Å². The van der Waals surface area contributed by atoms with Gasteiger partial charge in [-0.25, -0.2) is 0 Å². The van der Waals surface area contributed by atoms with Crippen LogP contribution in [0.15, 0.2) is 0 Å². The molecule has 0 saturated heterocycles. The van der Waals surface area contributed by atoms with E-state index in [0.29, 0.717) is 6.42 Å². The predicted molar refractivity (Wildman–Crippen MR) is 77.7 cm³/mol. The summed E-state index contributed by atoms with van der Waals surface area (Å²) in [6.45, 7) is 2.09. The first-order valence-corrected chi connectivity index (χ1v) is 8.02. The summed E-state index contributed by atoms with van der Waals surface area (Å²) in [6, 6.07) is 0. The molecule has 0 atom stereocenters. The molecule has 1 fully saturated rings. The average Bonchev–Trinajstić information content (AvgIpc) is 2.67. The molecule has 0 aliphatic heterocycles. The molecule has 0 amide bonds. The number of unbranched alkanes of at least 4 members (excludes halogenated alkanes) is 3. The van der Waals surface area contributed by atoms with Gasteiger partial charge >= 0.3 is 11.9 Å². The summed E-state index contributed by atoms with van der Waals surface area (Å²) in [5.74, 6) is -2.47. The van der Waals surface area contributed by atoms with Crippen LogP contribution in [0.5, 0.6) is 0 Å². The van der Waals surface area contributed by atoms with Gasteiger partial charge in [0.05, 0.1) is 0 Å². The molecule has 1 rings (SSSR count). The van der Waals surface area contributed by atoms with E-state index in [1.165, 1.54) is 0 Å². The SMILES string of the molecule is CCCCCCC(C(=O)O)(C(=O)O)C1CCCCCC1. The Labute approximate surface area is 121 Å². The Hall–Kier alpha value is -1.06. The lowest BCUT2D eigenvalue weighted by Crippen LogP contribution is -2.45. The quantitative estimate of drug-likeness (QED) is 0.400. The third kappa shape index (κ3) is 3.97. The van der Waals surface area contributed by atoms with Gasteiger partial charge in [0, 0.05) is 0 Å². The van der Waals surface area contributed by atoms with Gasteiger partial charge in [0.15, 0.2) is 5.41 Å². The number of carboxylic acid groups (broad SMARTS) is 2. The molecule has 0 aromatic heterocycles. The molecule has 0 heterocycles. The molecule has 20 heavy (non-hydrogen) atoms. The summed E-state index contributed by atoms with van der Waals surface area (Å²) >= 11 is 0. The van der Waals surface area contributed by atoms with Crippen molar-refractivity contribution in [2.45, 2.75) is 77.6 Å². The van der Waals surface area contributed by atoms with Gasteiger partial charge in [0.2, 0.25) is 0 Å². The number of hydrogen-bond acceptors (Lipinski definition) is 2. The normalized spacial score (nSPS) is 17.6. The number of hydrogen-bond donors (Lipinski definition) is 2. The van der Waals surface area contributed by atoms with E-state index >= 15 is 0 Å². The molecular weight excluding hydrogens is 256 g/mol. The molecule has 0 bridgehead atoms. The molecule has 4 heteroatoms. The minimum Gasteiger partial charge on any atom is -0.480 e. The van der Waals surface area contributed by atoms with Crippen molar-refractivity contribution in [1.29, 1.82) is 0 Å². The van der Waals surface area contributed by atoms with Crippen LogP contribution in [0.3, 0.4) is 0 Å². The summed E-state index contributed by atoms with van der Waals surface area (Å²) in [5, 5.41) is 19.2. The summed E-state index contributed by atoms with van der Waals surface area (Å²) in [5.41, 5.74) is -1.56. The Kier molecular flexibility index (Phi) is 7.03. The second-order valence-electron chi connectivity index (χ2n) is 6.08. The van der Waals surface area contributed by atoms with Crippen LogP contribution < -0.4 is 0 Å². The van der Waals surface area contributed by atoms with Crippen molar-refractivity contribution in [3.05, 3.63) is 0 Å². The van der Waals surface area contributed by atoms with Gasteiger partial charge in [-0.1, -0.05) is 58.3 Å². The Bertz CT molecular complexity index is 302. The smallest absolute Gasteiger partial charge is 0.321 e. The topological polar surface area (TPSA) is 74.6 Å². The van der Waals surface area contributed by atoms with Crippen LogP contribution in [0.2, 0.25) is 0 Å². The van der Waals surface area contributed by atoms with Gasteiger partial charge in [0.25, 0.3) is 0 Å². The van der Waals surface area contributed by atoms with Crippen molar-refractivity contribution in [2.75, 3.05) is 0 Å². The lowest BCUT2D eigenvalue weighted by Gasteiger charge is -2.33. The van der Waals surface area contributed by atoms with E-state index in [0.717, 1.165) is 57.8 Å². The molecule has 2 N–H and O–H groups in total. The fraction of sp³-hybridized carbons (Fsp3) is 0.875. The molecule has 0 spiro atoms. The molecule has 0 unspecified atom stereocenters. The highest BCUT2D eigenvalue weighted by Crippen LogP contribution is 2.42. The fourth-order valence-electron chi connectivity index (χ4n) is 3.46. The van der Waals surface area contributed by atoms with E-state index in [2.05, 4.69) is 6.92 Å². The van der Waals surface area contributed by atoms with E-state index in [4.69, 9.17) is 0 Å². The van der Waals surface area contributed by atoms with E-state index in [1.807, 2.05) is 0 Å². The van der Waals surface area contributed by atoms with Crippen molar-refractivity contribution >= 4 is 11.9 Å². The molecule has 116 valence electrons. The Morgan fingerprint density at radius 1 is 0.950 bits per heavy atom. The first kappa shape index (κ1) is 17.0. The zero-order valence-electron chi connectivity index (χ0n) is 12.6. The Morgan fingerprint density at radius 2 is 1.50 bits per heavy atom. The maximum Gasteiger partial charge on any atom is 0.321 e. The molecule has 1 aliphatic carbocycles. The number of rotatable bonds is 8. The van der Waals surface area contributed by atoms with Crippen molar-refractivity contribution in [1.82, 2.24) is 0 Å². The van der Waals surface area contributed by atoms with Gasteiger partial charge in [0.1, 0.15) is 0 Å². The second-order valence-corrected chi connectivity index (χ2v) is 6.08.